The molecule has 0 spiro atoms. The number of carbonyl (C=O) groups is 2. The second-order valence-electron chi connectivity index (χ2n) is 6.22. The van der Waals surface area contributed by atoms with Crippen molar-refractivity contribution in [3.63, 3.8) is 0 Å². The number of hydrogen-bond acceptors (Lipinski definition) is 5. The van der Waals surface area contributed by atoms with Crippen molar-refractivity contribution in [3.05, 3.63) is 0 Å². The van der Waals surface area contributed by atoms with Gasteiger partial charge in [-0.2, -0.15) is 0 Å². The van der Waals surface area contributed by atoms with E-state index in [4.69, 9.17) is 4.74 Å². The Balaban J connectivity index is 2.77. The molecule has 1 saturated carbocycles. The van der Waals surface area contributed by atoms with Gasteiger partial charge >= 0.3 is 6.09 Å². The van der Waals surface area contributed by atoms with Crippen LogP contribution in [0.1, 0.15) is 47.0 Å². The molecule has 0 bridgehead atoms. The van der Waals surface area contributed by atoms with Crippen LogP contribution in [0.2, 0.25) is 0 Å². The smallest absolute Gasteiger partial charge is 0.408 e. The molecule has 1 amide bonds. The van der Waals surface area contributed by atoms with Gasteiger partial charge in [0, 0.05) is 5.75 Å². The van der Waals surface area contributed by atoms with Crippen LogP contribution in [0.4, 0.5) is 4.79 Å². The fraction of sp³-hybridized carbons (Fsp3) is 0.846. The summed E-state index contributed by atoms with van der Waals surface area (Å²) in [5, 5.41) is 1.95. The Labute approximate surface area is 120 Å². The fourth-order valence-corrected chi connectivity index (χ4v) is 3.83. The first-order chi connectivity index (χ1) is 9.03. The Hall–Kier alpha value is -1.11. The SMILES string of the molecule is CCS(=O)(=O)[C@@H]1CC[C@](C=O)(NC(=O)OC(C)(C)C)C1. The molecule has 0 aromatic rings. The lowest BCUT2D eigenvalue weighted by Crippen LogP contribution is -2.50. The molecule has 1 rings (SSSR count). The molecule has 1 aliphatic rings. The number of ether oxygens (including phenoxy) is 1. The van der Waals surface area contributed by atoms with Gasteiger partial charge in [-0.3, -0.25) is 0 Å². The topological polar surface area (TPSA) is 89.5 Å². The summed E-state index contributed by atoms with van der Waals surface area (Å²) in [6, 6.07) is 0. The van der Waals surface area contributed by atoms with Gasteiger partial charge in [0.05, 0.1) is 5.25 Å². The Morgan fingerprint density at radius 1 is 1.45 bits per heavy atom. The standard InChI is InChI=1S/C13H23NO5S/c1-5-20(17,18)10-6-7-13(8-10,9-15)14-11(16)19-12(2,3)4/h9-10H,5-8H2,1-4H3,(H,14,16)/t10-,13+/m1/s1. The van der Waals surface area contributed by atoms with Gasteiger partial charge in [0.1, 0.15) is 17.4 Å². The second-order valence-corrected chi connectivity index (χ2v) is 8.79. The van der Waals surface area contributed by atoms with E-state index in [1.54, 1.807) is 27.7 Å². The summed E-state index contributed by atoms with van der Waals surface area (Å²) in [4.78, 5) is 23.1. The van der Waals surface area contributed by atoms with Gasteiger partial charge in [-0.1, -0.05) is 6.92 Å². The highest BCUT2D eigenvalue weighted by molar-refractivity contribution is 7.92. The number of carbonyl (C=O) groups excluding carboxylic acids is 2. The normalized spacial score (nSPS) is 27.1. The number of aldehydes is 1. The zero-order valence-corrected chi connectivity index (χ0v) is 13.2. The first kappa shape index (κ1) is 16.9. The van der Waals surface area contributed by atoms with Crippen molar-refractivity contribution < 1.29 is 22.7 Å². The van der Waals surface area contributed by atoms with E-state index < -0.39 is 32.3 Å². The quantitative estimate of drug-likeness (QED) is 0.794. The van der Waals surface area contributed by atoms with Crippen LogP contribution >= 0.6 is 0 Å². The first-order valence-corrected chi connectivity index (χ1v) is 8.44. The molecule has 6 nitrogen and oxygen atoms in total. The number of rotatable bonds is 4. The number of hydrogen-bond donors (Lipinski definition) is 1. The van der Waals surface area contributed by atoms with Crippen LogP contribution in [-0.4, -0.2) is 42.9 Å². The maximum Gasteiger partial charge on any atom is 0.408 e. The summed E-state index contributed by atoms with van der Waals surface area (Å²) in [5.41, 5.74) is -1.79. The fourth-order valence-electron chi connectivity index (χ4n) is 2.33. The van der Waals surface area contributed by atoms with Crippen LogP contribution < -0.4 is 5.32 Å². The lowest BCUT2D eigenvalue weighted by molar-refractivity contribution is -0.113. The molecule has 0 heterocycles. The van der Waals surface area contributed by atoms with E-state index in [0.29, 0.717) is 19.1 Å². The monoisotopic (exact) mass is 305 g/mol. The summed E-state index contributed by atoms with van der Waals surface area (Å²) in [6.45, 7) is 6.75. The Morgan fingerprint density at radius 3 is 2.50 bits per heavy atom. The van der Waals surface area contributed by atoms with Gasteiger partial charge in [-0.25, -0.2) is 13.2 Å². The summed E-state index contributed by atoms with van der Waals surface area (Å²) >= 11 is 0. The molecule has 0 aromatic heterocycles. The molecule has 0 radical (unpaired) electrons. The van der Waals surface area contributed by atoms with E-state index >= 15 is 0 Å². The summed E-state index contributed by atoms with van der Waals surface area (Å²) in [5.74, 6) is 0.0407. The summed E-state index contributed by atoms with van der Waals surface area (Å²) in [6.07, 6.45) is 0.748. The molecule has 0 unspecified atom stereocenters. The minimum atomic E-state index is -3.20. The van der Waals surface area contributed by atoms with Crippen LogP contribution in [0.15, 0.2) is 0 Å². The third-order valence-electron chi connectivity index (χ3n) is 3.39. The maximum absolute atomic E-state index is 11.9. The first-order valence-electron chi connectivity index (χ1n) is 6.73. The van der Waals surface area contributed by atoms with Crippen molar-refractivity contribution in [2.75, 3.05) is 5.75 Å². The van der Waals surface area contributed by atoms with E-state index in [0.717, 1.165) is 0 Å². The van der Waals surface area contributed by atoms with Crippen molar-refractivity contribution in [2.24, 2.45) is 0 Å². The summed E-state index contributed by atoms with van der Waals surface area (Å²) in [7, 11) is -3.20. The van der Waals surface area contributed by atoms with Crippen molar-refractivity contribution in [2.45, 2.75) is 63.3 Å². The number of alkyl carbamates (subject to hydrolysis) is 1. The van der Waals surface area contributed by atoms with Crippen LogP contribution in [-0.2, 0) is 19.4 Å². The molecule has 0 saturated heterocycles. The van der Waals surface area contributed by atoms with Gasteiger partial charge in [-0.05, 0) is 40.0 Å². The van der Waals surface area contributed by atoms with Crippen molar-refractivity contribution in [3.8, 4) is 0 Å². The van der Waals surface area contributed by atoms with Crippen LogP contribution in [0.5, 0.6) is 0 Å². The largest absolute Gasteiger partial charge is 0.444 e. The van der Waals surface area contributed by atoms with Crippen molar-refractivity contribution >= 4 is 22.2 Å². The molecule has 0 aromatic carbocycles. The molecule has 1 N–H and O–H groups in total. The lowest BCUT2D eigenvalue weighted by atomic mass is 10.0. The summed E-state index contributed by atoms with van der Waals surface area (Å²) < 4.78 is 28.8. The van der Waals surface area contributed by atoms with Gasteiger partial charge in [0.2, 0.25) is 0 Å². The van der Waals surface area contributed by atoms with E-state index in [2.05, 4.69) is 5.32 Å². The minimum Gasteiger partial charge on any atom is -0.444 e. The average molecular weight is 305 g/mol. The van der Waals surface area contributed by atoms with Crippen LogP contribution in [0.3, 0.4) is 0 Å². The maximum atomic E-state index is 11.9. The highest BCUT2D eigenvalue weighted by Crippen LogP contribution is 2.33. The molecule has 0 aliphatic heterocycles. The predicted octanol–water partition coefficient (Wildman–Crippen LogP) is 1.44. The molecule has 116 valence electrons. The van der Waals surface area contributed by atoms with E-state index in [9.17, 15) is 18.0 Å². The second kappa shape index (κ2) is 5.71. The number of sulfone groups is 1. The molecule has 1 fully saturated rings. The molecule has 1 aliphatic carbocycles. The van der Waals surface area contributed by atoms with E-state index in [-0.39, 0.29) is 12.2 Å². The molecule has 7 heteroatoms. The Kier molecular flexibility index (Phi) is 4.84. The van der Waals surface area contributed by atoms with E-state index in [1.165, 1.54) is 0 Å². The molecule has 2 atom stereocenters. The van der Waals surface area contributed by atoms with Gasteiger partial charge in [-0.15, -0.1) is 0 Å². The number of nitrogens with one attached hydrogen (secondary N) is 1. The Bertz CT molecular complexity index is 479. The van der Waals surface area contributed by atoms with Crippen LogP contribution in [0, 0.1) is 0 Å². The average Bonchev–Trinajstić information content (AvgIpc) is 2.72. The minimum absolute atomic E-state index is 0.0407. The van der Waals surface area contributed by atoms with Crippen molar-refractivity contribution in [1.29, 1.82) is 0 Å². The zero-order valence-electron chi connectivity index (χ0n) is 12.4. The van der Waals surface area contributed by atoms with Gasteiger partial charge < -0.3 is 14.8 Å². The van der Waals surface area contributed by atoms with Gasteiger partial charge in [0.15, 0.2) is 9.84 Å². The van der Waals surface area contributed by atoms with E-state index in [1.807, 2.05) is 0 Å². The molecular formula is C13H23NO5S. The van der Waals surface area contributed by atoms with Crippen LogP contribution in [0.25, 0.3) is 0 Å². The Morgan fingerprint density at radius 2 is 2.05 bits per heavy atom. The highest BCUT2D eigenvalue weighted by atomic mass is 32.2. The van der Waals surface area contributed by atoms with Gasteiger partial charge in [0.25, 0.3) is 0 Å². The zero-order chi connectivity index (χ0) is 15.6. The highest BCUT2D eigenvalue weighted by Gasteiger charge is 2.45. The number of amides is 1. The molecule has 20 heavy (non-hydrogen) atoms. The third-order valence-corrected chi connectivity index (χ3v) is 5.61. The predicted molar refractivity (Wildman–Crippen MR) is 75.3 cm³/mol. The third kappa shape index (κ3) is 4.19. The van der Waals surface area contributed by atoms with Crippen molar-refractivity contribution in [1.82, 2.24) is 5.32 Å². The molecular weight excluding hydrogens is 282 g/mol. The lowest BCUT2D eigenvalue weighted by Gasteiger charge is -2.27.